The van der Waals surface area contributed by atoms with Gasteiger partial charge in [0.25, 0.3) is 6.43 Å². The molecule has 0 atom stereocenters. The quantitative estimate of drug-likeness (QED) is 0.819. The minimum absolute atomic E-state index is 0.105. The maximum Gasteiger partial charge on any atom is 0.266 e. The summed E-state index contributed by atoms with van der Waals surface area (Å²) in [6.07, 6.45) is -2.42. The van der Waals surface area contributed by atoms with Crippen LogP contribution in [-0.4, -0.2) is 4.98 Å². The molecule has 0 aromatic carbocycles. The molecule has 0 radical (unpaired) electrons. The van der Waals surface area contributed by atoms with Gasteiger partial charge in [0.2, 0.25) is 0 Å². The van der Waals surface area contributed by atoms with E-state index >= 15 is 0 Å². The van der Waals surface area contributed by atoms with Crippen LogP contribution in [0.1, 0.15) is 23.4 Å². The van der Waals surface area contributed by atoms with Gasteiger partial charge in [-0.25, -0.2) is 8.78 Å². The number of alkyl halides is 2. The lowest BCUT2D eigenvalue weighted by atomic mass is 10.1. The molecule has 0 fully saturated rings. The molecule has 2 nitrogen and oxygen atoms in total. The summed E-state index contributed by atoms with van der Waals surface area (Å²) in [6.45, 7) is 1.51. The van der Waals surface area contributed by atoms with Gasteiger partial charge in [-0.15, -0.1) is 0 Å². The van der Waals surface area contributed by atoms with Crippen molar-refractivity contribution in [3.05, 3.63) is 27.5 Å². The molecule has 0 bridgehead atoms. The summed E-state index contributed by atoms with van der Waals surface area (Å²) >= 11 is 3.04. The predicted octanol–water partition coefficient (Wildman–Crippen LogP) is 3.16. The van der Waals surface area contributed by atoms with E-state index in [-0.39, 0.29) is 17.7 Å². The van der Waals surface area contributed by atoms with E-state index in [9.17, 15) is 8.78 Å². The van der Waals surface area contributed by atoms with Gasteiger partial charge >= 0.3 is 0 Å². The highest BCUT2D eigenvalue weighted by molar-refractivity contribution is 9.10. The fourth-order valence-corrected chi connectivity index (χ4v) is 1.86. The average molecular weight is 261 g/mol. The van der Waals surface area contributed by atoms with Crippen molar-refractivity contribution in [2.45, 2.75) is 19.8 Å². The van der Waals surface area contributed by atoms with Gasteiger partial charge in [0.05, 0.1) is 23.7 Å². The van der Waals surface area contributed by atoms with E-state index in [0.29, 0.717) is 10.2 Å². The van der Waals surface area contributed by atoms with Crippen molar-refractivity contribution < 1.29 is 8.78 Å². The van der Waals surface area contributed by atoms with Crippen LogP contribution in [0, 0.1) is 18.3 Å². The van der Waals surface area contributed by atoms with Crippen LogP contribution in [0.25, 0.3) is 0 Å². The van der Waals surface area contributed by atoms with Crippen molar-refractivity contribution in [3.8, 4) is 6.07 Å². The first kappa shape index (κ1) is 11.1. The maximum atomic E-state index is 12.5. The van der Waals surface area contributed by atoms with E-state index in [2.05, 4.69) is 20.9 Å². The van der Waals surface area contributed by atoms with Crippen LogP contribution in [0.15, 0.2) is 10.5 Å². The summed E-state index contributed by atoms with van der Waals surface area (Å²) in [5.74, 6) is 0. The Kier molecular flexibility index (Phi) is 3.53. The van der Waals surface area contributed by atoms with Crippen molar-refractivity contribution in [2.24, 2.45) is 0 Å². The molecule has 74 valence electrons. The molecule has 1 aromatic heterocycles. The molecule has 1 rings (SSSR count). The lowest BCUT2D eigenvalue weighted by Crippen LogP contribution is -1.99. The summed E-state index contributed by atoms with van der Waals surface area (Å²) in [4.78, 5) is 3.91. The van der Waals surface area contributed by atoms with Crippen LogP contribution in [0.3, 0.4) is 0 Å². The number of hydrogen-bond acceptors (Lipinski definition) is 2. The number of aromatic nitrogens is 1. The van der Waals surface area contributed by atoms with Crippen LogP contribution >= 0.6 is 15.9 Å². The summed E-state index contributed by atoms with van der Waals surface area (Å²) < 4.78 is 25.3. The highest BCUT2D eigenvalue weighted by Gasteiger charge is 2.16. The Labute approximate surface area is 88.7 Å². The zero-order chi connectivity index (χ0) is 10.7. The zero-order valence-electron chi connectivity index (χ0n) is 7.39. The number of halogens is 3. The Bertz CT molecular complexity index is 362. The lowest BCUT2D eigenvalue weighted by Gasteiger charge is -2.07. The summed E-state index contributed by atoms with van der Waals surface area (Å²) in [5.41, 5.74) is 0.660. The first-order chi connectivity index (χ1) is 6.56. The van der Waals surface area contributed by atoms with Gasteiger partial charge in [0.15, 0.2) is 0 Å². The van der Waals surface area contributed by atoms with Crippen LogP contribution in [-0.2, 0) is 6.42 Å². The molecule has 0 N–H and O–H groups in total. The fourth-order valence-electron chi connectivity index (χ4n) is 1.14. The number of nitriles is 1. The Morgan fingerprint density at radius 1 is 1.64 bits per heavy atom. The fraction of sp³-hybridized carbons (Fsp3) is 0.333. The molecule has 14 heavy (non-hydrogen) atoms. The first-order valence-electron chi connectivity index (χ1n) is 3.87. The first-order valence-corrected chi connectivity index (χ1v) is 4.66. The molecule has 5 heteroatoms. The molecule has 1 heterocycles. The molecular weight excluding hydrogens is 254 g/mol. The monoisotopic (exact) mass is 260 g/mol. The molecular formula is C9H7BrF2N2. The third-order valence-electron chi connectivity index (χ3n) is 1.73. The number of pyridine rings is 1. The minimum atomic E-state index is -2.55. The molecule has 0 aliphatic heterocycles. The van der Waals surface area contributed by atoms with Crippen LogP contribution in [0.5, 0.6) is 0 Å². The van der Waals surface area contributed by atoms with E-state index in [1.807, 2.05) is 6.07 Å². The van der Waals surface area contributed by atoms with Gasteiger partial charge in [-0.2, -0.15) is 5.26 Å². The van der Waals surface area contributed by atoms with E-state index < -0.39 is 6.43 Å². The summed E-state index contributed by atoms with van der Waals surface area (Å²) in [5, 5.41) is 8.43. The Balaban J connectivity index is 3.19. The van der Waals surface area contributed by atoms with Gasteiger partial charge in [0, 0.05) is 10.2 Å². The van der Waals surface area contributed by atoms with Crippen LogP contribution in [0.4, 0.5) is 8.78 Å². The molecule has 0 aliphatic carbocycles. The Hall–Kier alpha value is -1.02. The van der Waals surface area contributed by atoms with E-state index in [0.717, 1.165) is 0 Å². The molecule has 0 saturated carbocycles. The van der Waals surface area contributed by atoms with Crippen LogP contribution < -0.4 is 0 Å². The number of nitrogens with zero attached hydrogens (tertiary/aromatic N) is 2. The van der Waals surface area contributed by atoms with Crippen molar-refractivity contribution in [1.29, 1.82) is 5.26 Å². The van der Waals surface area contributed by atoms with Gasteiger partial charge in [0.1, 0.15) is 0 Å². The molecule has 1 aromatic rings. The number of rotatable bonds is 2. The Morgan fingerprint density at radius 2 is 2.29 bits per heavy atom. The third-order valence-corrected chi connectivity index (χ3v) is 2.39. The second-order valence-corrected chi connectivity index (χ2v) is 3.58. The third kappa shape index (κ3) is 2.26. The van der Waals surface area contributed by atoms with Gasteiger partial charge < -0.3 is 0 Å². The molecule has 0 spiro atoms. The van der Waals surface area contributed by atoms with Crippen molar-refractivity contribution >= 4 is 15.9 Å². The summed E-state index contributed by atoms with van der Waals surface area (Å²) in [6, 6.07) is 3.37. The molecule has 0 amide bonds. The predicted molar refractivity (Wildman–Crippen MR) is 50.9 cm³/mol. The van der Waals surface area contributed by atoms with Crippen molar-refractivity contribution in [2.75, 3.05) is 0 Å². The number of hydrogen-bond donors (Lipinski definition) is 0. The number of aryl methyl sites for hydroxylation is 1. The normalized spacial score (nSPS) is 10.3. The van der Waals surface area contributed by atoms with Crippen molar-refractivity contribution in [1.82, 2.24) is 4.98 Å². The largest absolute Gasteiger partial charge is 0.266 e. The minimum Gasteiger partial charge on any atom is -0.257 e. The average Bonchev–Trinajstić information content (AvgIpc) is 2.01. The van der Waals surface area contributed by atoms with E-state index in [1.54, 1.807) is 0 Å². The molecule has 0 unspecified atom stereocenters. The Morgan fingerprint density at radius 3 is 2.71 bits per heavy atom. The van der Waals surface area contributed by atoms with Crippen LogP contribution in [0.2, 0.25) is 0 Å². The maximum absolute atomic E-state index is 12.5. The topological polar surface area (TPSA) is 36.7 Å². The van der Waals surface area contributed by atoms with Gasteiger partial charge in [-0.3, -0.25) is 4.98 Å². The highest BCUT2D eigenvalue weighted by Crippen LogP contribution is 2.29. The smallest absolute Gasteiger partial charge is 0.257 e. The van der Waals surface area contributed by atoms with E-state index in [1.165, 1.54) is 13.0 Å². The zero-order valence-corrected chi connectivity index (χ0v) is 8.98. The molecule has 0 aliphatic rings. The van der Waals surface area contributed by atoms with E-state index in [4.69, 9.17) is 5.26 Å². The highest BCUT2D eigenvalue weighted by atomic mass is 79.9. The van der Waals surface area contributed by atoms with Gasteiger partial charge in [-0.05, 0) is 13.0 Å². The SMILES string of the molecule is Cc1nc(CC#N)cc(Br)c1C(F)F. The summed E-state index contributed by atoms with van der Waals surface area (Å²) in [7, 11) is 0. The molecule has 0 saturated heterocycles. The second-order valence-electron chi connectivity index (χ2n) is 2.73. The van der Waals surface area contributed by atoms with Gasteiger partial charge in [-0.1, -0.05) is 15.9 Å². The second kappa shape index (κ2) is 4.47. The lowest BCUT2D eigenvalue weighted by molar-refractivity contribution is 0.149. The standard InChI is InChI=1S/C9H7BrF2N2/c1-5-8(9(11)12)7(10)4-6(14-5)2-3-13/h4,9H,2H2,1H3. The van der Waals surface area contributed by atoms with Crippen molar-refractivity contribution in [3.63, 3.8) is 0 Å².